The highest BCUT2D eigenvalue weighted by Gasteiger charge is 2.41. The van der Waals surface area contributed by atoms with E-state index in [0.29, 0.717) is 4.75 Å². The first-order valence-electron chi connectivity index (χ1n) is 6.48. The first-order chi connectivity index (χ1) is 9.24. The Morgan fingerprint density at radius 1 is 1.32 bits per heavy atom. The normalized spacial score (nSPS) is 16.3. The van der Waals surface area contributed by atoms with Gasteiger partial charge in [0.2, 0.25) is 0 Å². The highest BCUT2D eigenvalue weighted by Crippen LogP contribution is 2.46. The van der Waals surface area contributed by atoms with E-state index in [4.69, 9.17) is 4.74 Å². The predicted octanol–water partition coefficient (Wildman–Crippen LogP) is 3.55. The van der Waals surface area contributed by atoms with Gasteiger partial charge in [0.15, 0.2) is 0 Å². The SMILES string of the molecule is COc1ccc2nc(NCC3(SC)CC3)ccc2c1. The molecule has 0 saturated heterocycles. The molecule has 1 saturated carbocycles. The first-order valence-corrected chi connectivity index (χ1v) is 7.71. The third kappa shape index (κ3) is 2.63. The van der Waals surface area contributed by atoms with E-state index in [1.165, 1.54) is 12.8 Å². The zero-order valence-electron chi connectivity index (χ0n) is 11.3. The van der Waals surface area contributed by atoms with Crippen LogP contribution in [0.4, 0.5) is 5.82 Å². The van der Waals surface area contributed by atoms with Gasteiger partial charge >= 0.3 is 0 Å². The lowest BCUT2D eigenvalue weighted by atomic mass is 10.2. The van der Waals surface area contributed by atoms with Crippen LogP contribution in [0.15, 0.2) is 30.3 Å². The maximum Gasteiger partial charge on any atom is 0.126 e. The number of benzene rings is 1. The highest BCUT2D eigenvalue weighted by atomic mass is 32.2. The molecule has 2 aromatic rings. The van der Waals surface area contributed by atoms with E-state index in [0.717, 1.165) is 29.0 Å². The Kier molecular flexibility index (Phi) is 3.27. The first kappa shape index (κ1) is 12.6. The molecule has 100 valence electrons. The summed E-state index contributed by atoms with van der Waals surface area (Å²) in [4.78, 5) is 4.64. The zero-order chi connectivity index (χ0) is 13.3. The molecule has 0 bridgehead atoms. The summed E-state index contributed by atoms with van der Waals surface area (Å²) in [5.41, 5.74) is 1.000. The maximum atomic E-state index is 5.22. The van der Waals surface area contributed by atoms with E-state index in [-0.39, 0.29) is 0 Å². The summed E-state index contributed by atoms with van der Waals surface area (Å²) >= 11 is 1.96. The van der Waals surface area contributed by atoms with Crippen molar-refractivity contribution >= 4 is 28.5 Å². The Bertz CT molecular complexity index is 596. The average Bonchev–Trinajstić information content (AvgIpc) is 3.25. The van der Waals surface area contributed by atoms with Crippen LogP contribution in [0.1, 0.15) is 12.8 Å². The maximum absolute atomic E-state index is 5.22. The number of pyridine rings is 1. The van der Waals surface area contributed by atoms with Gasteiger partial charge in [-0.25, -0.2) is 4.98 Å². The van der Waals surface area contributed by atoms with Crippen molar-refractivity contribution in [1.29, 1.82) is 0 Å². The third-order valence-electron chi connectivity index (χ3n) is 3.73. The van der Waals surface area contributed by atoms with Crippen LogP contribution in [-0.4, -0.2) is 29.6 Å². The van der Waals surface area contributed by atoms with Crippen LogP contribution in [0, 0.1) is 0 Å². The number of rotatable bonds is 5. The lowest BCUT2D eigenvalue weighted by Crippen LogP contribution is -2.17. The average molecular weight is 274 g/mol. The van der Waals surface area contributed by atoms with Crippen molar-refractivity contribution in [2.45, 2.75) is 17.6 Å². The second-order valence-electron chi connectivity index (χ2n) is 5.00. The van der Waals surface area contributed by atoms with Gasteiger partial charge in [0, 0.05) is 16.7 Å². The van der Waals surface area contributed by atoms with Crippen molar-refractivity contribution in [2.75, 3.05) is 25.2 Å². The molecule has 4 heteroatoms. The molecular weight excluding hydrogens is 256 g/mol. The van der Waals surface area contributed by atoms with Crippen molar-refractivity contribution in [3.63, 3.8) is 0 Å². The molecular formula is C15H18N2OS. The lowest BCUT2D eigenvalue weighted by Gasteiger charge is -2.13. The Balaban J connectivity index is 1.78. The van der Waals surface area contributed by atoms with Crippen molar-refractivity contribution in [3.8, 4) is 5.75 Å². The van der Waals surface area contributed by atoms with Gasteiger partial charge in [-0.15, -0.1) is 0 Å². The Labute approximate surface area is 117 Å². The van der Waals surface area contributed by atoms with Crippen LogP contribution in [0.5, 0.6) is 5.75 Å². The molecule has 1 aliphatic rings. The molecule has 0 atom stereocenters. The fourth-order valence-corrected chi connectivity index (χ4v) is 2.90. The Hall–Kier alpha value is -1.42. The van der Waals surface area contributed by atoms with Crippen LogP contribution in [0.2, 0.25) is 0 Å². The van der Waals surface area contributed by atoms with Crippen molar-refractivity contribution < 1.29 is 4.74 Å². The molecule has 19 heavy (non-hydrogen) atoms. The van der Waals surface area contributed by atoms with E-state index >= 15 is 0 Å². The van der Waals surface area contributed by atoms with Gasteiger partial charge in [-0.1, -0.05) is 0 Å². The number of aromatic nitrogens is 1. The molecule has 1 heterocycles. The van der Waals surface area contributed by atoms with E-state index in [1.54, 1.807) is 7.11 Å². The summed E-state index contributed by atoms with van der Waals surface area (Å²) in [7, 11) is 1.68. The number of anilines is 1. The zero-order valence-corrected chi connectivity index (χ0v) is 12.1. The smallest absolute Gasteiger partial charge is 0.126 e. The molecule has 0 spiro atoms. The summed E-state index contributed by atoms with van der Waals surface area (Å²) < 4.78 is 5.68. The Morgan fingerprint density at radius 2 is 2.16 bits per heavy atom. The summed E-state index contributed by atoms with van der Waals surface area (Å²) in [6.45, 7) is 1.00. The quantitative estimate of drug-likeness (QED) is 0.904. The van der Waals surface area contributed by atoms with Gasteiger partial charge in [0.05, 0.1) is 12.6 Å². The van der Waals surface area contributed by atoms with E-state index in [9.17, 15) is 0 Å². The number of hydrogen-bond donors (Lipinski definition) is 1. The molecule has 1 N–H and O–H groups in total. The van der Waals surface area contributed by atoms with E-state index < -0.39 is 0 Å². The number of thioether (sulfide) groups is 1. The molecule has 1 aromatic carbocycles. The van der Waals surface area contributed by atoms with Gasteiger partial charge in [-0.05, 0) is 49.4 Å². The van der Waals surface area contributed by atoms with Crippen molar-refractivity contribution in [1.82, 2.24) is 4.98 Å². The number of methoxy groups -OCH3 is 1. The molecule has 3 nitrogen and oxygen atoms in total. The van der Waals surface area contributed by atoms with Crippen LogP contribution in [0.25, 0.3) is 10.9 Å². The monoisotopic (exact) mass is 274 g/mol. The second-order valence-corrected chi connectivity index (χ2v) is 6.27. The van der Waals surface area contributed by atoms with Crippen LogP contribution in [0.3, 0.4) is 0 Å². The highest BCUT2D eigenvalue weighted by molar-refractivity contribution is 8.00. The van der Waals surface area contributed by atoms with E-state index in [1.807, 2.05) is 36.0 Å². The largest absolute Gasteiger partial charge is 0.497 e. The number of ether oxygens (including phenoxy) is 1. The standard InChI is InChI=1S/C15H18N2OS/c1-18-12-4-5-13-11(9-12)3-6-14(17-13)16-10-15(19-2)7-8-15/h3-6,9H,7-8,10H2,1-2H3,(H,16,17). The molecule has 0 radical (unpaired) electrons. The summed E-state index contributed by atoms with van der Waals surface area (Å²) in [6, 6.07) is 10.1. The van der Waals surface area contributed by atoms with Gasteiger partial charge in [0.25, 0.3) is 0 Å². The van der Waals surface area contributed by atoms with Gasteiger partial charge in [-0.2, -0.15) is 11.8 Å². The molecule has 0 unspecified atom stereocenters. The molecule has 3 rings (SSSR count). The second kappa shape index (κ2) is 4.93. The fourth-order valence-electron chi connectivity index (χ4n) is 2.17. The minimum absolute atomic E-state index is 0.455. The summed E-state index contributed by atoms with van der Waals surface area (Å²) in [5.74, 6) is 1.83. The number of nitrogens with one attached hydrogen (secondary N) is 1. The predicted molar refractivity (Wildman–Crippen MR) is 82.3 cm³/mol. The van der Waals surface area contributed by atoms with Crippen molar-refractivity contribution in [3.05, 3.63) is 30.3 Å². The fraction of sp³-hybridized carbons (Fsp3) is 0.400. The van der Waals surface area contributed by atoms with Crippen LogP contribution in [-0.2, 0) is 0 Å². The third-order valence-corrected chi connectivity index (χ3v) is 5.15. The number of hydrogen-bond acceptors (Lipinski definition) is 4. The topological polar surface area (TPSA) is 34.1 Å². The summed E-state index contributed by atoms with van der Waals surface area (Å²) in [5, 5.41) is 4.56. The molecule has 0 amide bonds. The number of nitrogens with zero attached hydrogens (tertiary/aromatic N) is 1. The molecule has 1 aliphatic carbocycles. The van der Waals surface area contributed by atoms with Gasteiger partial charge < -0.3 is 10.1 Å². The van der Waals surface area contributed by atoms with E-state index in [2.05, 4.69) is 22.6 Å². The van der Waals surface area contributed by atoms with Crippen molar-refractivity contribution in [2.24, 2.45) is 0 Å². The van der Waals surface area contributed by atoms with Crippen LogP contribution < -0.4 is 10.1 Å². The Morgan fingerprint density at radius 3 is 2.84 bits per heavy atom. The van der Waals surface area contributed by atoms with Crippen LogP contribution >= 0.6 is 11.8 Å². The lowest BCUT2D eigenvalue weighted by molar-refractivity contribution is 0.415. The molecule has 1 fully saturated rings. The van der Waals surface area contributed by atoms with Gasteiger partial charge in [-0.3, -0.25) is 0 Å². The minimum atomic E-state index is 0.455. The number of fused-ring (bicyclic) bond motifs is 1. The minimum Gasteiger partial charge on any atom is -0.497 e. The summed E-state index contributed by atoms with van der Waals surface area (Å²) in [6.07, 6.45) is 4.81. The molecule has 1 aromatic heterocycles. The molecule has 0 aliphatic heterocycles. The van der Waals surface area contributed by atoms with Gasteiger partial charge in [0.1, 0.15) is 11.6 Å².